The van der Waals surface area contributed by atoms with E-state index >= 15 is 0 Å². The lowest BCUT2D eigenvalue weighted by Gasteiger charge is -2.30. The number of anilines is 1. The largest absolute Gasteiger partial charge is 0.369 e. The number of nitrogens with zero attached hydrogens (tertiary/aromatic N) is 1. The fraction of sp³-hybridized carbons (Fsp3) is 0.325. The molecule has 248 valence electrons. The van der Waals surface area contributed by atoms with Crippen LogP contribution in [0.2, 0.25) is 10.0 Å². The topological polar surface area (TPSA) is 92.5 Å². The molecule has 0 saturated heterocycles. The van der Waals surface area contributed by atoms with Gasteiger partial charge in [-0.05, 0) is 65.3 Å². The summed E-state index contributed by atoms with van der Waals surface area (Å²) < 4.78 is 0. The van der Waals surface area contributed by atoms with E-state index in [0.717, 1.165) is 71.2 Å². The number of amides is 3. The second kappa shape index (κ2) is 15.0. The fourth-order valence-electron chi connectivity index (χ4n) is 7.55. The van der Waals surface area contributed by atoms with Crippen LogP contribution >= 0.6 is 23.2 Å². The zero-order valence-electron chi connectivity index (χ0n) is 27.1. The first-order valence-corrected chi connectivity index (χ1v) is 17.6. The van der Waals surface area contributed by atoms with Gasteiger partial charge in [-0.25, -0.2) is 0 Å². The van der Waals surface area contributed by atoms with Gasteiger partial charge in [-0.3, -0.25) is 14.4 Å². The third-order valence-corrected chi connectivity index (χ3v) is 10.5. The van der Waals surface area contributed by atoms with Crippen molar-refractivity contribution >= 4 is 46.6 Å². The number of nitrogens with two attached hydrogens (primary N) is 1. The van der Waals surface area contributed by atoms with Gasteiger partial charge in [0.15, 0.2) is 0 Å². The van der Waals surface area contributed by atoms with E-state index in [0.29, 0.717) is 28.8 Å². The van der Waals surface area contributed by atoms with Gasteiger partial charge in [0.25, 0.3) is 5.91 Å². The zero-order valence-corrected chi connectivity index (χ0v) is 28.6. The average molecular weight is 683 g/mol. The minimum atomic E-state index is -0.962. The lowest BCUT2D eigenvalue weighted by atomic mass is 9.80. The maximum atomic E-state index is 14.8. The Bertz CT molecular complexity index is 1820. The molecular weight excluding hydrogens is 641 g/mol. The molecule has 3 N–H and O–H groups in total. The highest BCUT2D eigenvalue weighted by molar-refractivity contribution is 6.36. The second-order valence-electron chi connectivity index (χ2n) is 13.1. The van der Waals surface area contributed by atoms with E-state index in [-0.39, 0.29) is 18.4 Å². The van der Waals surface area contributed by atoms with E-state index in [1.165, 1.54) is 0 Å². The quantitative estimate of drug-likeness (QED) is 0.165. The van der Waals surface area contributed by atoms with E-state index < -0.39 is 23.8 Å². The monoisotopic (exact) mass is 681 g/mol. The van der Waals surface area contributed by atoms with Crippen LogP contribution in [0, 0.1) is 17.8 Å². The van der Waals surface area contributed by atoms with Crippen LogP contribution in [0.5, 0.6) is 0 Å². The van der Waals surface area contributed by atoms with Crippen LogP contribution in [0.4, 0.5) is 5.69 Å². The molecule has 4 aromatic carbocycles. The normalized spacial score (nSPS) is 17.3. The van der Waals surface area contributed by atoms with Gasteiger partial charge in [0.1, 0.15) is 6.04 Å². The van der Waals surface area contributed by atoms with E-state index in [4.69, 9.17) is 28.9 Å². The number of carbonyl (C=O) groups is 3. The molecule has 0 bridgehead atoms. The Balaban J connectivity index is 1.38. The van der Waals surface area contributed by atoms with Crippen molar-refractivity contribution in [2.45, 2.75) is 64.5 Å². The number of rotatable bonds is 11. The Labute approximate surface area is 292 Å². The molecule has 48 heavy (non-hydrogen) atoms. The van der Waals surface area contributed by atoms with E-state index in [2.05, 4.69) is 5.32 Å². The summed E-state index contributed by atoms with van der Waals surface area (Å²) in [4.78, 5) is 43.7. The number of hydrogen-bond donors (Lipinski definition) is 2. The fourth-order valence-corrected chi connectivity index (χ4v) is 8.06. The first kappa shape index (κ1) is 33.8. The van der Waals surface area contributed by atoms with E-state index in [9.17, 15) is 14.4 Å². The lowest BCUT2D eigenvalue weighted by molar-refractivity contribution is -0.136. The number of primary amides is 1. The van der Waals surface area contributed by atoms with Crippen molar-refractivity contribution in [1.82, 2.24) is 5.32 Å². The van der Waals surface area contributed by atoms with Crippen molar-refractivity contribution < 1.29 is 14.4 Å². The van der Waals surface area contributed by atoms with Gasteiger partial charge >= 0.3 is 0 Å². The summed E-state index contributed by atoms with van der Waals surface area (Å²) in [5.41, 5.74) is 11.8. The lowest BCUT2D eigenvalue weighted by Crippen LogP contribution is -2.47. The summed E-state index contributed by atoms with van der Waals surface area (Å²) in [5, 5.41) is 4.26. The molecule has 8 heteroatoms. The molecule has 0 radical (unpaired) electrons. The predicted octanol–water partition coefficient (Wildman–Crippen LogP) is 9.13. The van der Waals surface area contributed by atoms with Gasteiger partial charge in [0, 0.05) is 33.0 Å². The summed E-state index contributed by atoms with van der Waals surface area (Å²) in [6, 6.07) is 27.9. The molecule has 3 atom stereocenters. The van der Waals surface area contributed by atoms with Crippen molar-refractivity contribution in [3.05, 3.63) is 112 Å². The maximum Gasteiger partial charge on any atom is 0.254 e. The average Bonchev–Trinajstić information content (AvgIpc) is 3.58. The van der Waals surface area contributed by atoms with Crippen LogP contribution in [0.15, 0.2) is 91.0 Å². The molecular formula is C40H41Cl2N3O3. The van der Waals surface area contributed by atoms with Gasteiger partial charge in [-0.2, -0.15) is 0 Å². The summed E-state index contributed by atoms with van der Waals surface area (Å²) in [7, 11) is 0. The molecule has 1 unspecified atom stereocenters. The number of carbonyl (C=O) groups excluding carboxylic acids is 3. The van der Waals surface area contributed by atoms with Crippen LogP contribution in [-0.4, -0.2) is 17.7 Å². The number of fused-ring (bicyclic) bond motifs is 3. The summed E-state index contributed by atoms with van der Waals surface area (Å²) in [6.45, 7) is 2.26. The molecule has 2 aliphatic rings. The van der Waals surface area contributed by atoms with Crippen LogP contribution < -0.4 is 16.0 Å². The zero-order chi connectivity index (χ0) is 33.8. The Kier molecular flexibility index (Phi) is 10.5. The molecule has 4 aromatic rings. The number of halogens is 2. The maximum absolute atomic E-state index is 14.8. The smallest absolute Gasteiger partial charge is 0.254 e. The molecule has 1 fully saturated rings. The van der Waals surface area contributed by atoms with Crippen LogP contribution in [0.1, 0.15) is 69.0 Å². The first-order chi connectivity index (χ1) is 23.2. The molecule has 1 heterocycles. The van der Waals surface area contributed by atoms with Gasteiger partial charge in [0.2, 0.25) is 11.8 Å². The van der Waals surface area contributed by atoms with Crippen molar-refractivity contribution in [2.75, 3.05) is 4.90 Å². The Morgan fingerprint density at radius 1 is 0.875 bits per heavy atom. The Hall–Kier alpha value is -4.13. The van der Waals surface area contributed by atoms with Crippen molar-refractivity contribution in [1.29, 1.82) is 0 Å². The molecule has 6 rings (SSSR count). The first-order valence-electron chi connectivity index (χ1n) is 16.9. The third-order valence-electron chi connectivity index (χ3n) is 9.92. The molecule has 6 nitrogen and oxygen atoms in total. The molecule has 0 spiro atoms. The predicted molar refractivity (Wildman–Crippen MR) is 194 cm³/mol. The third kappa shape index (κ3) is 7.15. The van der Waals surface area contributed by atoms with Crippen LogP contribution in [0.3, 0.4) is 0 Å². The second-order valence-corrected chi connectivity index (χ2v) is 13.9. The van der Waals surface area contributed by atoms with Crippen molar-refractivity contribution in [3.8, 4) is 22.3 Å². The summed E-state index contributed by atoms with van der Waals surface area (Å²) >= 11 is 12.7. The summed E-state index contributed by atoms with van der Waals surface area (Å²) in [6.07, 6.45) is 6.18. The van der Waals surface area contributed by atoms with Crippen molar-refractivity contribution in [3.63, 3.8) is 0 Å². The number of hydrogen-bond acceptors (Lipinski definition) is 3. The highest BCUT2D eigenvalue weighted by Crippen LogP contribution is 2.42. The van der Waals surface area contributed by atoms with Gasteiger partial charge in [0.05, 0.1) is 12.2 Å². The molecule has 3 amide bonds. The number of benzene rings is 4. The molecule has 1 aliphatic heterocycles. The summed E-state index contributed by atoms with van der Waals surface area (Å²) in [5.74, 6) is -1.84. The van der Waals surface area contributed by atoms with E-state index in [1.807, 2.05) is 85.8 Å². The van der Waals surface area contributed by atoms with Gasteiger partial charge in [-0.1, -0.05) is 129 Å². The van der Waals surface area contributed by atoms with Crippen LogP contribution in [-0.2, 0) is 20.9 Å². The minimum absolute atomic E-state index is 0.249. The number of nitrogens with one attached hydrogen (secondary N) is 1. The highest BCUT2D eigenvalue weighted by Gasteiger charge is 2.39. The molecule has 1 saturated carbocycles. The molecule has 1 aliphatic carbocycles. The molecule has 0 aromatic heterocycles. The van der Waals surface area contributed by atoms with Crippen LogP contribution in [0.25, 0.3) is 22.3 Å². The van der Waals surface area contributed by atoms with Crippen molar-refractivity contribution in [2.24, 2.45) is 23.5 Å². The SMILES string of the molecule is CCC[C@H](C(N)=O)[C@@H](CC1CCCC1)C(=O)NC1C(=O)N(Cc2cccc(-c3ccc(Cl)cc3Cl)c2)c2ccccc2-c2ccccc21. The van der Waals surface area contributed by atoms with E-state index in [1.54, 1.807) is 17.0 Å². The number of para-hydroxylation sites is 1. The van der Waals surface area contributed by atoms with Gasteiger partial charge < -0.3 is 16.0 Å². The Morgan fingerprint density at radius 3 is 2.33 bits per heavy atom. The highest BCUT2D eigenvalue weighted by atomic mass is 35.5. The Morgan fingerprint density at radius 2 is 1.60 bits per heavy atom. The minimum Gasteiger partial charge on any atom is -0.369 e. The standard InChI is InChI=1S/C40H41Cl2N3O3/c1-2-10-33(38(43)46)34(22-25-11-3-4-12-25)39(47)44-37-32-17-6-5-15-30(32)31-16-7-8-18-36(31)45(40(37)48)24-26-13-9-14-27(21-26)29-20-19-28(41)23-35(29)42/h5-9,13-21,23,25,33-34,37H,2-4,10-12,22,24H2,1H3,(H2,43,46)(H,44,47)/t33-,34+,37?/m0/s1. The van der Waals surface area contributed by atoms with Gasteiger partial charge in [-0.15, -0.1) is 0 Å².